The molecule has 1 aromatic rings. The Hall–Kier alpha value is -0.570. The predicted molar refractivity (Wildman–Crippen MR) is 62.3 cm³/mol. The molecule has 0 unspecified atom stereocenters. The highest BCUT2D eigenvalue weighted by molar-refractivity contribution is 6.30. The molecule has 0 amide bonds. The summed E-state index contributed by atoms with van der Waals surface area (Å²) in [4.78, 5) is 2.42. The van der Waals surface area contributed by atoms with Crippen LogP contribution in [0, 0.1) is 6.92 Å². The Balaban J connectivity index is 2.03. The van der Waals surface area contributed by atoms with Crippen LogP contribution in [-0.4, -0.2) is 31.2 Å². The summed E-state index contributed by atoms with van der Waals surface area (Å²) in [6, 6.07) is 6.11. The third kappa shape index (κ3) is 2.94. The van der Waals surface area contributed by atoms with Crippen LogP contribution in [0.15, 0.2) is 18.2 Å². The SMILES string of the molecule is Cc1cc(Cl)ccc1CN1CCOCC1. The standard InChI is InChI=1S/C12H16ClNO/c1-10-8-12(13)3-2-11(10)9-14-4-6-15-7-5-14/h2-3,8H,4-7,9H2,1H3. The second-order valence-corrected chi connectivity index (χ2v) is 4.40. The van der Waals surface area contributed by atoms with E-state index < -0.39 is 0 Å². The first-order valence-corrected chi connectivity index (χ1v) is 5.68. The molecule has 0 aromatic heterocycles. The van der Waals surface area contributed by atoms with Gasteiger partial charge >= 0.3 is 0 Å². The van der Waals surface area contributed by atoms with E-state index in [0.29, 0.717) is 0 Å². The molecule has 15 heavy (non-hydrogen) atoms. The summed E-state index contributed by atoms with van der Waals surface area (Å²) in [6.07, 6.45) is 0. The van der Waals surface area contributed by atoms with Gasteiger partial charge < -0.3 is 4.74 Å². The van der Waals surface area contributed by atoms with E-state index in [1.165, 1.54) is 11.1 Å². The maximum atomic E-state index is 5.93. The third-order valence-corrected chi connectivity index (χ3v) is 3.04. The minimum absolute atomic E-state index is 0.818. The van der Waals surface area contributed by atoms with Gasteiger partial charge in [-0.05, 0) is 30.2 Å². The summed E-state index contributed by atoms with van der Waals surface area (Å²) in [5, 5.41) is 0.818. The average molecular weight is 226 g/mol. The van der Waals surface area contributed by atoms with Crippen molar-refractivity contribution in [2.75, 3.05) is 26.3 Å². The zero-order valence-corrected chi connectivity index (χ0v) is 9.76. The van der Waals surface area contributed by atoms with Crippen LogP contribution in [0.3, 0.4) is 0 Å². The molecule has 0 aliphatic carbocycles. The maximum absolute atomic E-state index is 5.93. The zero-order chi connectivity index (χ0) is 10.7. The molecule has 0 saturated carbocycles. The summed E-state index contributed by atoms with van der Waals surface area (Å²) in [5.74, 6) is 0. The van der Waals surface area contributed by atoms with Crippen LogP contribution in [0.5, 0.6) is 0 Å². The number of halogens is 1. The Morgan fingerprint density at radius 2 is 2.07 bits per heavy atom. The Labute approximate surface area is 95.8 Å². The maximum Gasteiger partial charge on any atom is 0.0594 e. The molecule has 1 heterocycles. The number of hydrogen-bond acceptors (Lipinski definition) is 2. The van der Waals surface area contributed by atoms with Gasteiger partial charge in [0.05, 0.1) is 13.2 Å². The van der Waals surface area contributed by atoms with Gasteiger partial charge in [0.25, 0.3) is 0 Å². The highest BCUT2D eigenvalue weighted by Crippen LogP contribution is 2.17. The van der Waals surface area contributed by atoms with Crippen LogP contribution in [0.1, 0.15) is 11.1 Å². The molecule has 2 nitrogen and oxygen atoms in total. The van der Waals surface area contributed by atoms with Crippen molar-refractivity contribution in [2.24, 2.45) is 0 Å². The summed E-state index contributed by atoms with van der Waals surface area (Å²) in [5.41, 5.74) is 2.63. The predicted octanol–water partition coefficient (Wildman–Crippen LogP) is 2.48. The molecule has 0 radical (unpaired) electrons. The molecule has 1 saturated heterocycles. The summed E-state index contributed by atoms with van der Waals surface area (Å²) < 4.78 is 5.32. The number of morpholine rings is 1. The van der Waals surface area contributed by atoms with E-state index in [9.17, 15) is 0 Å². The quantitative estimate of drug-likeness (QED) is 0.767. The Kier molecular flexibility index (Phi) is 3.62. The number of aryl methyl sites for hydroxylation is 1. The molecule has 0 atom stereocenters. The van der Waals surface area contributed by atoms with Crippen LogP contribution in [0.25, 0.3) is 0 Å². The fraction of sp³-hybridized carbons (Fsp3) is 0.500. The Bertz CT molecular complexity index is 334. The molecule has 0 N–H and O–H groups in total. The van der Waals surface area contributed by atoms with Crippen LogP contribution < -0.4 is 0 Å². The van der Waals surface area contributed by atoms with Gasteiger partial charge in [0, 0.05) is 24.7 Å². The Morgan fingerprint density at radius 1 is 1.33 bits per heavy atom. The van der Waals surface area contributed by atoms with Gasteiger partial charge in [-0.25, -0.2) is 0 Å². The molecule has 2 rings (SSSR count). The van der Waals surface area contributed by atoms with Gasteiger partial charge in [0.15, 0.2) is 0 Å². The number of rotatable bonds is 2. The smallest absolute Gasteiger partial charge is 0.0594 e. The van der Waals surface area contributed by atoms with Crippen molar-refractivity contribution in [2.45, 2.75) is 13.5 Å². The molecule has 3 heteroatoms. The molecule has 0 bridgehead atoms. The van der Waals surface area contributed by atoms with Crippen molar-refractivity contribution >= 4 is 11.6 Å². The molecular formula is C12H16ClNO. The number of ether oxygens (including phenoxy) is 1. The second kappa shape index (κ2) is 4.97. The molecule has 1 aliphatic rings. The normalized spacial score (nSPS) is 18.0. The van der Waals surface area contributed by atoms with Gasteiger partial charge in [-0.15, -0.1) is 0 Å². The molecule has 1 aromatic carbocycles. The summed E-state index contributed by atoms with van der Waals surface area (Å²) in [6.45, 7) is 6.89. The van der Waals surface area contributed by atoms with Gasteiger partial charge in [-0.2, -0.15) is 0 Å². The van der Waals surface area contributed by atoms with E-state index in [4.69, 9.17) is 16.3 Å². The van der Waals surface area contributed by atoms with E-state index in [1.807, 2.05) is 12.1 Å². The van der Waals surface area contributed by atoms with Crippen molar-refractivity contribution < 1.29 is 4.74 Å². The zero-order valence-electron chi connectivity index (χ0n) is 9.00. The van der Waals surface area contributed by atoms with Crippen LogP contribution in [0.4, 0.5) is 0 Å². The minimum Gasteiger partial charge on any atom is -0.379 e. The van der Waals surface area contributed by atoms with Crippen molar-refractivity contribution in [1.29, 1.82) is 0 Å². The van der Waals surface area contributed by atoms with Crippen LogP contribution >= 0.6 is 11.6 Å². The molecule has 1 fully saturated rings. The lowest BCUT2D eigenvalue weighted by molar-refractivity contribution is 0.0341. The van der Waals surface area contributed by atoms with E-state index >= 15 is 0 Å². The van der Waals surface area contributed by atoms with E-state index in [-0.39, 0.29) is 0 Å². The highest BCUT2D eigenvalue weighted by Gasteiger charge is 2.11. The number of hydrogen-bond donors (Lipinski definition) is 0. The monoisotopic (exact) mass is 225 g/mol. The summed E-state index contributed by atoms with van der Waals surface area (Å²) in [7, 11) is 0. The topological polar surface area (TPSA) is 12.5 Å². The second-order valence-electron chi connectivity index (χ2n) is 3.96. The first kappa shape index (κ1) is 10.9. The lowest BCUT2D eigenvalue weighted by Crippen LogP contribution is -2.35. The van der Waals surface area contributed by atoms with Gasteiger partial charge in [0.2, 0.25) is 0 Å². The van der Waals surface area contributed by atoms with Crippen molar-refractivity contribution in [3.63, 3.8) is 0 Å². The molecule has 0 spiro atoms. The van der Waals surface area contributed by atoms with Gasteiger partial charge in [-0.1, -0.05) is 17.7 Å². The van der Waals surface area contributed by atoms with Gasteiger partial charge in [0.1, 0.15) is 0 Å². The fourth-order valence-corrected chi connectivity index (χ4v) is 2.06. The van der Waals surface area contributed by atoms with Crippen molar-refractivity contribution in [1.82, 2.24) is 4.90 Å². The third-order valence-electron chi connectivity index (χ3n) is 2.80. The minimum atomic E-state index is 0.818. The van der Waals surface area contributed by atoms with E-state index in [0.717, 1.165) is 37.9 Å². The molecule has 1 aliphatic heterocycles. The van der Waals surface area contributed by atoms with Crippen LogP contribution in [-0.2, 0) is 11.3 Å². The Morgan fingerprint density at radius 3 is 2.73 bits per heavy atom. The van der Waals surface area contributed by atoms with Crippen LogP contribution in [0.2, 0.25) is 5.02 Å². The van der Waals surface area contributed by atoms with Crippen molar-refractivity contribution in [3.8, 4) is 0 Å². The van der Waals surface area contributed by atoms with Crippen molar-refractivity contribution in [3.05, 3.63) is 34.3 Å². The largest absolute Gasteiger partial charge is 0.379 e. The van der Waals surface area contributed by atoms with E-state index in [2.05, 4.69) is 17.9 Å². The number of benzene rings is 1. The lowest BCUT2D eigenvalue weighted by Gasteiger charge is -2.27. The molecular weight excluding hydrogens is 210 g/mol. The lowest BCUT2D eigenvalue weighted by atomic mass is 10.1. The average Bonchev–Trinajstić information content (AvgIpc) is 2.24. The first-order valence-electron chi connectivity index (χ1n) is 5.31. The number of nitrogens with zero attached hydrogens (tertiary/aromatic N) is 1. The molecule has 82 valence electrons. The summed E-state index contributed by atoms with van der Waals surface area (Å²) >= 11 is 5.93. The highest BCUT2D eigenvalue weighted by atomic mass is 35.5. The van der Waals surface area contributed by atoms with E-state index in [1.54, 1.807) is 0 Å². The first-order chi connectivity index (χ1) is 7.25. The van der Waals surface area contributed by atoms with Gasteiger partial charge in [-0.3, -0.25) is 4.90 Å². The fourth-order valence-electron chi connectivity index (χ4n) is 1.84.